The molecule has 1 atom stereocenters. The largest absolute Gasteiger partial charge is 0.465 e. The van der Waals surface area contributed by atoms with Crippen molar-refractivity contribution in [2.75, 3.05) is 18.6 Å². The molecule has 0 aromatic carbocycles. The quantitative estimate of drug-likeness (QED) is 0.688. The van der Waals surface area contributed by atoms with Gasteiger partial charge in [0.2, 0.25) is 11.9 Å². The molecule has 0 bridgehead atoms. The predicted molar refractivity (Wildman–Crippen MR) is 56.3 cm³/mol. The highest BCUT2D eigenvalue weighted by molar-refractivity contribution is 5.94. The number of ether oxygens (including phenoxy) is 1. The molecule has 17 heavy (non-hydrogen) atoms. The Hall–Kier alpha value is -2.02. The normalized spacial score (nSPS) is 19.5. The number of β-amino-alcohol motifs (C(OH)–C–C–N with tert-alkyl or cyclic N) is 1. The lowest BCUT2D eigenvalue weighted by molar-refractivity contribution is -0.117. The van der Waals surface area contributed by atoms with Gasteiger partial charge in [-0.05, 0) is 0 Å². The Morgan fingerprint density at radius 2 is 2.18 bits per heavy atom. The number of anilines is 1. The van der Waals surface area contributed by atoms with Gasteiger partial charge in [0.15, 0.2) is 0 Å². The van der Waals surface area contributed by atoms with Gasteiger partial charge in [0.05, 0.1) is 31.7 Å². The maximum atomic E-state index is 11.5. The van der Waals surface area contributed by atoms with Crippen LogP contribution in [0.2, 0.25) is 0 Å². The van der Waals surface area contributed by atoms with Crippen molar-refractivity contribution in [1.82, 2.24) is 9.97 Å². The number of methoxy groups -OCH3 is 1. The summed E-state index contributed by atoms with van der Waals surface area (Å²) in [7, 11) is 1.26. The van der Waals surface area contributed by atoms with E-state index < -0.39 is 12.1 Å². The van der Waals surface area contributed by atoms with E-state index in [1.54, 1.807) is 0 Å². The number of carbonyl (C=O) groups is 2. The molecule has 1 N–H and O–H groups in total. The molecule has 1 fully saturated rings. The summed E-state index contributed by atoms with van der Waals surface area (Å²) >= 11 is 0. The molecule has 0 radical (unpaired) electrons. The number of hydrogen-bond donors (Lipinski definition) is 1. The van der Waals surface area contributed by atoms with Crippen LogP contribution in [-0.2, 0) is 9.53 Å². The Balaban J connectivity index is 2.18. The number of amides is 1. The van der Waals surface area contributed by atoms with Crippen molar-refractivity contribution in [1.29, 1.82) is 0 Å². The van der Waals surface area contributed by atoms with Gasteiger partial charge in [-0.15, -0.1) is 0 Å². The molecule has 2 rings (SSSR count). The second-order valence-electron chi connectivity index (χ2n) is 3.63. The average molecular weight is 237 g/mol. The minimum atomic E-state index is -0.689. The molecule has 1 amide bonds. The van der Waals surface area contributed by atoms with E-state index in [1.165, 1.54) is 24.4 Å². The Kier molecular flexibility index (Phi) is 3.01. The van der Waals surface area contributed by atoms with Crippen molar-refractivity contribution in [3.05, 3.63) is 18.0 Å². The van der Waals surface area contributed by atoms with Gasteiger partial charge < -0.3 is 9.84 Å². The first-order chi connectivity index (χ1) is 8.11. The van der Waals surface area contributed by atoms with Gasteiger partial charge >= 0.3 is 5.97 Å². The maximum absolute atomic E-state index is 11.5. The second-order valence-corrected chi connectivity index (χ2v) is 3.63. The highest BCUT2D eigenvalue weighted by Crippen LogP contribution is 2.17. The van der Waals surface area contributed by atoms with E-state index in [4.69, 9.17) is 0 Å². The first-order valence-electron chi connectivity index (χ1n) is 5.00. The van der Waals surface area contributed by atoms with Crippen LogP contribution in [0, 0.1) is 0 Å². The Labute approximate surface area is 97.0 Å². The first kappa shape index (κ1) is 11.5. The lowest BCUT2D eigenvalue weighted by Gasteiger charge is -2.12. The molecule has 1 saturated heterocycles. The monoisotopic (exact) mass is 237 g/mol. The molecule has 1 unspecified atom stereocenters. The van der Waals surface area contributed by atoms with E-state index in [2.05, 4.69) is 14.7 Å². The number of aliphatic hydroxyl groups excluding tert-OH is 1. The highest BCUT2D eigenvalue weighted by atomic mass is 16.5. The van der Waals surface area contributed by atoms with Gasteiger partial charge in [0, 0.05) is 12.4 Å². The van der Waals surface area contributed by atoms with Crippen LogP contribution in [0.25, 0.3) is 0 Å². The van der Waals surface area contributed by atoms with Gasteiger partial charge in [0.25, 0.3) is 0 Å². The van der Waals surface area contributed by atoms with E-state index >= 15 is 0 Å². The maximum Gasteiger partial charge on any atom is 0.341 e. The summed E-state index contributed by atoms with van der Waals surface area (Å²) in [6.07, 6.45) is 1.95. The fraction of sp³-hybridized carbons (Fsp3) is 0.400. The van der Waals surface area contributed by atoms with E-state index in [0.717, 1.165) is 0 Å². The summed E-state index contributed by atoms with van der Waals surface area (Å²) in [6.45, 7) is 0.177. The van der Waals surface area contributed by atoms with Gasteiger partial charge in [-0.1, -0.05) is 0 Å². The van der Waals surface area contributed by atoms with E-state index in [9.17, 15) is 14.7 Å². The third kappa shape index (κ3) is 2.23. The van der Waals surface area contributed by atoms with Crippen LogP contribution < -0.4 is 4.90 Å². The fourth-order valence-corrected chi connectivity index (χ4v) is 1.57. The number of esters is 1. The molecule has 2 heterocycles. The topological polar surface area (TPSA) is 92.6 Å². The van der Waals surface area contributed by atoms with Crippen LogP contribution in [-0.4, -0.2) is 46.7 Å². The second kappa shape index (κ2) is 4.46. The first-order valence-corrected chi connectivity index (χ1v) is 5.00. The molecule has 7 nitrogen and oxygen atoms in total. The van der Waals surface area contributed by atoms with Gasteiger partial charge in [-0.3, -0.25) is 9.69 Å². The number of rotatable bonds is 2. The molecule has 0 aliphatic carbocycles. The summed E-state index contributed by atoms with van der Waals surface area (Å²) in [5, 5.41) is 9.32. The lowest BCUT2D eigenvalue weighted by Crippen LogP contribution is -2.27. The van der Waals surface area contributed by atoms with E-state index in [0.29, 0.717) is 0 Å². The average Bonchev–Trinajstić information content (AvgIpc) is 2.68. The zero-order valence-corrected chi connectivity index (χ0v) is 9.16. The molecule has 1 aromatic rings. The molecule has 1 aliphatic rings. The molecule has 90 valence electrons. The molecule has 0 saturated carbocycles. The molecule has 1 aliphatic heterocycles. The van der Waals surface area contributed by atoms with Crippen LogP contribution in [0.15, 0.2) is 12.4 Å². The van der Waals surface area contributed by atoms with E-state index in [-0.39, 0.29) is 30.4 Å². The van der Waals surface area contributed by atoms with E-state index in [1.807, 2.05) is 0 Å². The summed E-state index contributed by atoms with van der Waals surface area (Å²) < 4.78 is 4.50. The van der Waals surface area contributed by atoms with Crippen LogP contribution in [0.5, 0.6) is 0 Å². The number of nitrogens with zero attached hydrogens (tertiary/aromatic N) is 3. The number of aromatic nitrogens is 2. The van der Waals surface area contributed by atoms with Crippen molar-refractivity contribution in [2.45, 2.75) is 12.5 Å². The van der Waals surface area contributed by atoms with Crippen molar-refractivity contribution < 1.29 is 19.4 Å². The van der Waals surface area contributed by atoms with Gasteiger partial charge in [0.1, 0.15) is 0 Å². The molecule has 1 aromatic heterocycles. The Bertz CT molecular complexity index is 445. The van der Waals surface area contributed by atoms with Crippen molar-refractivity contribution in [3.8, 4) is 0 Å². The van der Waals surface area contributed by atoms with Crippen LogP contribution in [0.1, 0.15) is 16.8 Å². The third-order valence-electron chi connectivity index (χ3n) is 2.41. The molecular weight excluding hydrogens is 226 g/mol. The number of carbonyl (C=O) groups excluding carboxylic acids is 2. The van der Waals surface area contributed by atoms with Crippen LogP contribution in [0.4, 0.5) is 5.95 Å². The fourth-order valence-electron chi connectivity index (χ4n) is 1.57. The Morgan fingerprint density at radius 1 is 1.53 bits per heavy atom. The zero-order chi connectivity index (χ0) is 12.4. The third-order valence-corrected chi connectivity index (χ3v) is 2.41. The van der Waals surface area contributed by atoms with Crippen LogP contribution >= 0.6 is 0 Å². The number of aliphatic hydroxyl groups is 1. The highest BCUT2D eigenvalue weighted by Gasteiger charge is 2.30. The Morgan fingerprint density at radius 3 is 2.65 bits per heavy atom. The molecule has 7 heteroatoms. The molecular formula is C10H11N3O4. The standard InChI is InChI=1S/C10H11N3O4/c1-17-9(16)6-3-11-10(12-4-6)13-5-7(14)2-8(13)15/h3-4,7,14H,2,5H2,1H3. The minimum absolute atomic E-state index is 0.0715. The predicted octanol–water partition coefficient (Wildman–Crippen LogP) is -0.639. The molecule has 0 spiro atoms. The minimum Gasteiger partial charge on any atom is -0.465 e. The van der Waals surface area contributed by atoms with Crippen LogP contribution in [0.3, 0.4) is 0 Å². The zero-order valence-electron chi connectivity index (χ0n) is 9.16. The smallest absolute Gasteiger partial charge is 0.341 e. The summed E-state index contributed by atoms with van der Waals surface area (Å²) in [6, 6.07) is 0. The number of hydrogen-bond acceptors (Lipinski definition) is 6. The van der Waals surface area contributed by atoms with Gasteiger partial charge in [-0.25, -0.2) is 14.8 Å². The van der Waals surface area contributed by atoms with Crippen molar-refractivity contribution in [2.24, 2.45) is 0 Å². The summed E-state index contributed by atoms with van der Waals surface area (Å²) in [4.78, 5) is 31.7. The van der Waals surface area contributed by atoms with Crippen molar-refractivity contribution in [3.63, 3.8) is 0 Å². The van der Waals surface area contributed by atoms with Crippen molar-refractivity contribution >= 4 is 17.8 Å². The lowest BCUT2D eigenvalue weighted by atomic mass is 10.3. The summed E-state index contributed by atoms with van der Waals surface area (Å²) in [5.41, 5.74) is 0.212. The SMILES string of the molecule is COC(=O)c1cnc(N2CC(O)CC2=O)nc1. The summed E-state index contributed by atoms with van der Waals surface area (Å²) in [5.74, 6) is -0.591. The van der Waals surface area contributed by atoms with Gasteiger partial charge in [-0.2, -0.15) is 0 Å².